The number of nitrogens with zero attached hydrogens (tertiary/aromatic N) is 2. The Morgan fingerprint density at radius 2 is 1.85 bits per heavy atom. The Morgan fingerprint density at radius 1 is 1.15 bits per heavy atom. The lowest BCUT2D eigenvalue weighted by molar-refractivity contribution is -0.484. The molecule has 0 unspecified atom stereocenters. The second kappa shape index (κ2) is 10.6. The molecular formula is C24H27BrN2O5S. The van der Waals surface area contributed by atoms with Crippen LogP contribution in [0.2, 0.25) is 0 Å². The molecule has 0 amide bonds. The van der Waals surface area contributed by atoms with Crippen molar-refractivity contribution >= 4 is 43.1 Å². The third-order valence-corrected chi connectivity index (χ3v) is 8.10. The second-order valence-electron chi connectivity index (χ2n) is 8.28. The van der Waals surface area contributed by atoms with E-state index in [0.717, 1.165) is 31.1 Å². The molecule has 0 saturated heterocycles. The number of rotatable bonds is 11. The number of nitro groups is 1. The summed E-state index contributed by atoms with van der Waals surface area (Å²) in [7, 11) is -3.96. The molecule has 0 N–H and O–H groups in total. The molecule has 9 heteroatoms. The Kier molecular flexibility index (Phi) is 8.07. The highest BCUT2D eigenvalue weighted by atomic mass is 79.9. The summed E-state index contributed by atoms with van der Waals surface area (Å²) in [6, 6.07) is 11.7. The molecule has 33 heavy (non-hydrogen) atoms. The molecule has 0 fully saturated rings. The maximum atomic E-state index is 13.5. The zero-order chi connectivity index (χ0) is 24.2. The van der Waals surface area contributed by atoms with Crippen LogP contribution in [0.25, 0.3) is 10.9 Å². The third-order valence-electron chi connectivity index (χ3n) is 5.92. The fourth-order valence-corrected chi connectivity index (χ4v) is 5.85. The number of aryl methyl sites for hydroxylation is 1. The molecule has 3 rings (SSSR count). The van der Waals surface area contributed by atoms with Crippen molar-refractivity contribution in [1.29, 1.82) is 0 Å². The molecule has 0 radical (unpaired) electrons. The largest absolute Gasteiger partial charge is 0.303 e. The van der Waals surface area contributed by atoms with E-state index in [-0.39, 0.29) is 4.90 Å². The highest BCUT2D eigenvalue weighted by molar-refractivity contribution is 9.10. The molecule has 0 aliphatic carbocycles. The number of unbranched alkanes of at least 4 members (excludes halogenated alkanes) is 2. The fourth-order valence-electron chi connectivity index (χ4n) is 4.13. The number of benzene rings is 2. The molecule has 3 aromatic rings. The number of hydrogen-bond donors (Lipinski definition) is 0. The number of carbonyl (C=O) groups is 1. The van der Waals surface area contributed by atoms with Gasteiger partial charge in [0, 0.05) is 26.9 Å². The van der Waals surface area contributed by atoms with Crippen LogP contribution >= 0.6 is 15.9 Å². The first-order chi connectivity index (χ1) is 15.7. The predicted octanol–water partition coefficient (Wildman–Crippen LogP) is 5.70. The van der Waals surface area contributed by atoms with Gasteiger partial charge < -0.3 is 4.79 Å². The number of fused-ring (bicyclic) bond motifs is 1. The third kappa shape index (κ3) is 5.52. The molecular weight excluding hydrogens is 508 g/mol. The van der Waals surface area contributed by atoms with Gasteiger partial charge in [-0.15, -0.1) is 0 Å². The summed E-state index contributed by atoms with van der Waals surface area (Å²) in [6.07, 6.45) is 5.42. The van der Waals surface area contributed by atoms with Crippen LogP contribution in [-0.4, -0.2) is 30.1 Å². The highest BCUT2D eigenvalue weighted by Crippen LogP contribution is 2.37. The van der Waals surface area contributed by atoms with E-state index < -0.39 is 33.3 Å². The average molecular weight is 535 g/mol. The van der Waals surface area contributed by atoms with E-state index in [0.29, 0.717) is 27.4 Å². The monoisotopic (exact) mass is 534 g/mol. The summed E-state index contributed by atoms with van der Waals surface area (Å²) in [5.74, 6) is -1.31. The molecule has 2 aromatic carbocycles. The van der Waals surface area contributed by atoms with Gasteiger partial charge in [0.05, 0.1) is 16.3 Å². The molecule has 1 aromatic heterocycles. The predicted molar refractivity (Wildman–Crippen MR) is 132 cm³/mol. The molecule has 0 aliphatic heterocycles. The SMILES string of the molecule is CCCCC[C@H](C=O)[C@@H](C[N+](=O)[O-])c1cn(S(=O)(=O)c2ccc(C)cc2)c2cc(Br)ccc12. The first-order valence-electron chi connectivity index (χ1n) is 10.9. The van der Waals surface area contributed by atoms with E-state index in [4.69, 9.17) is 0 Å². The van der Waals surface area contributed by atoms with Crippen molar-refractivity contribution in [3.8, 4) is 0 Å². The van der Waals surface area contributed by atoms with Crippen molar-refractivity contribution in [3.63, 3.8) is 0 Å². The Bertz CT molecular complexity index is 1250. The summed E-state index contributed by atoms with van der Waals surface area (Å²) in [6.45, 7) is 3.47. The lowest BCUT2D eigenvalue weighted by Crippen LogP contribution is -2.22. The Morgan fingerprint density at radius 3 is 2.45 bits per heavy atom. The zero-order valence-electron chi connectivity index (χ0n) is 18.6. The summed E-state index contributed by atoms with van der Waals surface area (Å²) in [5.41, 5.74) is 1.84. The molecule has 0 bridgehead atoms. The standard InChI is InChI=1S/C24H27BrN2O5S/c1-3-4-5-6-18(16-28)22(15-27(29)30)23-14-26(24-13-19(25)9-12-21(23)24)33(31,32)20-10-7-17(2)8-11-20/h7-14,16,18,22H,3-6,15H2,1-2H3/t18-,22-/m1/s1. The lowest BCUT2D eigenvalue weighted by Gasteiger charge is -2.19. The quantitative estimate of drug-likeness (QED) is 0.136. The molecule has 0 spiro atoms. The fraction of sp³-hybridized carbons (Fsp3) is 0.375. The van der Waals surface area contributed by atoms with Gasteiger partial charge in [0.1, 0.15) is 6.29 Å². The smallest absolute Gasteiger partial charge is 0.268 e. The van der Waals surface area contributed by atoms with Crippen molar-refractivity contribution in [1.82, 2.24) is 3.97 Å². The molecule has 0 aliphatic rings. The molecule has 0 saturated carbocycles. The van der Waals surface area contributed by atoms with E-state index in [1.54, 1.807) is 42.5 Å². The van der Waals surface area contributed by atoms with Crippen molar-refractivity contribution in [2.75, 3.05) is 6.54 Å². The Hall–Kier alpha value is -2.52. The van der Waals surface area contributed by atoms with Crippen LogP contribution in [0.4, 0.5) is 0 Å². The number of hydrogen-bond acceptors (Lipinski definition) is 5. The summed E-state index contributed by atoms with van der Waals surface area (Å²) < 4.78 is 28.9. The normalized spacial score (nSPS) is 13.7. The summed E-state index contributed by atoms with van der Waals surface area (Å²) in [5, 5.41) is 12.1. The van der Waals surface area contributed by atoms with Gasteiger partial charge in [0.15, 0.2) is 0 Å². The van der Waals surface area contributed by atoms with Crippen molar-refractivity contribution < 1.29 is 18.1 Å². The number of aromatic nitrogens is 1. The van der Waals surface area contributed by atoms with Gasteiger partial charge in [-0.05, 0) is 43.2 Å². The van der Waals surface area contributed by atoms with Crippen molar-refractivity contribution in [3.05, 3.63) is 74.4 Å². The topological polar surface area (TPSA) is 99.3 Å². The van der Waals surface area contributed by atoms with Gasteiger partial charge in [-0.25, -0.2) is 12.4 Å². The van der Waals surface area contributed by atoms with Gasteiger partial charge in [-0.3, -0.25) is 10.1 Å². The molecule has 2 atom stereocenters. The summed E-state index contributed by atoms with van der Waals surface area (Å²) in [4.78, 5) is 23.2. The average Bonchev–Trinajstić information content (AvgIpc) is 3.15. The van der Waals surface area contributed by atoms with Crippen molar-refractivity contribution in [2.45, 2.75) is 50.3 Å². The van der Waals surface area contributed by atoms with Crippen molar-refractivity contribution in [2.24, 2.45) is 5.92 Å². The number of halogens is 1. The van der Waals surface area contributed by atoms with Crippen LogP contribution in [-0.2, 0) is 14.8 Å². The number of aldehydes is 1. The van der Waals surface area contributed by atoms with Gasteiger partial charge in [0.2, 0.25) is 6.54 Å². The van der Waals surface area contributed by atoms with Crippen LogP contribution in [0.3, 0.4) is 0 Å². The van der Waals surface area contributed by atoms with Gasteiger partial charge >= 0.3 is 0 Å². The minimum absolute atomic E-state index is 0.122. The van der Waals surface area contributed by atoms with Gasteiger partial charge in [-0.1, -0.05) is 65.9 Å². The van der Waals surface area contributed by atoms with E-state index in [9.17, 15) is 23.3 Å². The Labute approximate surface area is 202 Å². The zero-order valence-corrected chi connectivity index (χ0v) is 21.0. The van der Waals surface area contributed by atoms with E-state index in [2.05, 4.69) is 15.9 Å². The maximum absolute atomic E-state index is 13.5. The van der Waals surface area contributed by atoms with E-state index in [1.807, 2.05) is 13.8 Å². The van der Waals surface area contributed by atoms with Crippen LogP contribution in [0.1, 0.15) is 49.7 Å². The van der Waals surface area contributed by atoms with Gasteiger partial charge in [0.25, 0.3) is 10.0 Å². The van der Waals surface area contributed by atoms with E-state index >= 15 is 0 Å². The molecule has 176 valence electrons. The van der Waals surface area contributed by atoms with Crippen LogP contribution in [0.15, 0.2) is 58.0 Å². The minimum Gasteiger partial charge on any atom is -0.303 e. The van der Waals surface area contributed by atoms with Gasteiger partial charge in [-0.2, -0.15) is 0 Å². The minimum atomic E-state index is -3.96. The first kappa shape index (κ1) is 25.1. The molecule has 7 nitrogen and oxygen atoms in total. The van der Waals surface area contributed by atoms with Crippen LogP contribution in [0.5, 0.6) is 0 Å². The number of carbonyl (C=O) groups excluding carboxylic acids is 1. The maximum Gasteiger partial charge on any atom is 0.268 e. The van der Waals surface area contributed by atoms with Crippen LogP contribution < -0.4 is 0 Å². The Balaban J connectivity index is 2.20. The lowest BCUT2D eigenvalue weighted by atomic mass is 9.83. The first-order valence-corrected chi connectivity index (χ1v) is 13.1. The second-order valence-corrected chi connectivity index (χ2v) is 11.0. The highest BCUT2D eigenvalue weighted by Gasteiger charge is 2.32. The van der Waals surface area contributed by atoms with E-state index in [1.165, 1.54) is 10.2 Å². The van der Waals surface area contributed by atoms with Crippen LogP contribution in [0, 0.1) is 23.0 Å². The summed E-state index contributed by atoms with van der Waals surface area (Å²) >= 11 is 3.40. The molecule has 1 heterocycles.